The first-order valence-corrected chi connectivity index (χ1v) is 6.70. The topological polar surface area (TPSA) is 37.4 Å². The zero-order chi connectivity index (χ0) is 13.0. The zero-order valence-electron chi connectivity index (χ0n) is 11.5. The van der Waals surface area contributed by atoms with Crippen molar-refractivity contribution in [2.24, 2.45) is 0 Å². The SMILES string of the molecule is CCC1CN(Cc2cccc(OC)n2)C(C)CN1. The van der Waals surface area contributed by atoms with Crippen LogP contribution in [0.5, 0.6) is 5.88 Å². The zero-order valence-corrected chi connectivity index (χ0v) is 11.5. The third-order valence-electron chi connectivity index (χ3n) is 3.63. The summed E-state index contributed by atoms with van der Waals surface area (Å²) < 4.78 is 5.17. The molecule has 1 N–H and O–H groups in total. The van der Waals surface area contributed by atoms with Gasteiger partial charge in [0.1, 0.15) is 0 Å². The van der Waals surface area contributed by atoms with Crippen molar-refractivity contribution in [3.8, 4) is 5.88 Å². The van der Waals surface area contributed by atoms with Crippen LogP contribution in [0.2, 0.25) is 0 Å². The van der Waals surface area contributed by atoms with Gasteiger partial charge in [-0.3, -0.25) is 4.90 Å². The highest BCUT2D eigenvalue weighted by Gasteiger charge is 2.24. The lowest BCUT2D eigenvalue weighted by Gasteiger charge is -2.38. The van der Waals surface area contributed by atoms with Crippen LogP contribution in [0.4, 0.5) is 0 Å². The van der Waals surface area contributed by atoms with Gasteiger partial charge < -0.3 is 10.1 Å². The molecule has 2 unspecified atom stereocenters. The summed E-state index contributed by atoms with van der Waals surface area (Å²) in [7, 11) is 1.66. The molecule has 1 aromatic rings. The van der Waals surface area contributed by atoms with Crippen LogP contribution in [0.3, 0.4) is 0 Å². The molecule has 2 atom stereocenters. The van der Waals surface area contributed by atoms with Crippen molar-refractivity contribution in [1.29, 1.82) is 0 Å². The van der Waals surface area contributed by atoms with E-state index in [9.17, 15) is 0 Å². The third kappa shape index (κ3) is 3.21. The molecule has 4 nitrogen and oxygen atoms in total. The van der Waals surface area contributed by atoms with Crippen molar-refractivity contribution in [1.82, 2.24) is 15.2 Å². The number of aromatic nitrogens is 1. The van der Waals surface area contributed by atoms with Gasteiger partial charge in [-0.1, -0.05) is 13.0 Å². The summed E-state index contributed by atoms with van der Waals surface area (Å²) in [6.07, 6.45) is 1.18. The summed E-state index contributed by atoms with van der Waals surface area (Å²) in [6, 6.07) is 7.12. The van der Waals surface area contributed by atoms with E-state index in [-0.39, 0.29) is 0 Å². The van der Waals surface area contributed by atoms with Crippen molar-refractivity contribution < 1.29 is 4.74 Å². The van der Waals surface area contributed by atoms with E-state index in [2.05, 4.69) is 35.1 Å². The van der Waals surface area contributed by atoms with Gasteiger partial charge in [0, 0.05) is 37.8 Å². The second kappa shape index (κ2) is 6.16. The minimum Gasteiger partial charge on any atom is -0.481 e. The predicted molar refractivity (Wildman–Crippen MR) is 72.7 cm³/mol. The molecule has 1 aromatic heterocycles. The number of nitrogens with zero attached hydrogens (tertiary/aromatic N) is 2. The lowest BCUT2D eigenvalue weighted by molar-refractivity contribution is 0.130. The van der Waals surface area contributed by atoms with Gasteiger partial charge in [-0.05, 0) is 19.4 Å². The molecule has 1 aliphatic rings. The first-order valence-electron chi connectivity index (χ1n) is 6.70. The highest BCUT2D eigenvalue weighted by molar-refractivity contribution is 5.15. The number of rotatable bonds is 4. The normalized spacial score (nSPS) is 25.1. The summed E-state index contributed by atoms with van der Waals surface area (Å²) in [6.45, 7) is 7.55. The lowest BCUT2D eigenvalue weighted by Crippen LogP contribution is -2.54. The summed E-state index contributed by atoms with van der Waals surface area (Å²) in [5.74, 6) is 0.697. The van der Waals surface area contributed by atoms with E-state index in [0.29, 0.717) is 18.0 Å². The van der Waals surface area contributed by atoms with Crippen LogP contribution in [0.25, 0.3) is 0 Å². The summed E-state index contributed by atoms with van der Waals surface area (Å²) in [5.41, 5.74) is 1.08. The van der Waals surface area contributed by atoms with Gasteiger partial charge >= 0.3 is 0 Å². The average molecular weight is 249 g/mol. The van der Waals surface area contributed by atoms with E-state index in [1.54, 1.807) is 7.11 Å². The fraction of sp³-hybridized carbons (Fsp3) is 0.643. The van der Waals surface area contributed by atoms with Gasteiger partial charge in [0.05, 0.1) is 12.8 Å². The quantitative estimate of drug-likeness (QED) is 0.880. The number of ether oxygens (including phenoxy) is 1. The molecule has 0 aliphatic carbocycles. The van der Waals surface area contributed by atoms with E-state index in [0.717, 1.165) is 25.3 Å². The highest BCUT2D eigenvalue weighted by atomic mass is 16.5. The lowest BCUT2D eigenvalue weighted by atomic mass is 10.1. The Balaban J connectivity index is 2.02. The first kappa shape index (κ1) is 13.3. The Labute approximate surface area is 109 Å². The fourth-order valence-electron chi connectivity index (χ4n) is 2.36. The van der Waals surface area contributed by atoms with Crippen LogP contribution in [0.1, 0.15) is 26.0 Å². The highest BCUT2D eigenvalue weighted by Crippen LogP contribution is 2.14. The Morgan fingerprint density at radius 3 is 3.06 bits per heavy atom. The molecule has 0 bridgehead atoms. The Hall–Kier alpha value is -1.13. The number of hydrogen-bond acceptors (Lipinski definition) is 4. The van der Waals surface area contributed by atoms with Crippen molar-refractivity contribution >= 4 is 0 Å². The van der Waals surface area contributed by atoms with Gasteiger partial charge in [-0.25, -0.2) is 4.98 Å². The van der Waals surface area contributed by atoms with Crippen molar-refractivity contribution in [3.05, 3.63) is 23.9 Å². The number of methoxy groups -OCH3 is 1. The molecule has 0 radical (unpaired) electrons. The monoisotopic (exact) mass is 249 g/mol. The number of piperazine rings is 1. The summed E-state index contributed by atoms with van der Waals surface area (Å²) in [4.78, 5) is 6.98. The molecular formula is C14H23N3O. The molecule has 1 fully saturated rings. The molecule has 2 heterocycles. The molecule has 1 saturated heterocycles. The van der Waals surface area contributed by atoms with Crippen LogP contribution >= 0.6 is 0 Å². The van der Waals surface area contributed by atoms with Crippen LogP contribution in [0.15, 0.2) is 18.2 Å². The predicted octanol–water partition coefficient (Wildman–Crippen LogP) is 1.66. The third-order valence-corrected chi connectivity index (χ3v) is 3.63. The molecule has 2 rings (SSSR count). The summed E-state index contributed by atoms with van der Waals surface area (Å²) in [5, 5.41) is 3.57. The second-order valence-electron chi connectivity index (χ2n) is 4.96. The van der Waals surface area contributed by atoms with E-state index in [1.807, 2.05) is 12.1 Å². The first-order chi connectivity index (χ1) is 8.72. The molecular weight excluding hydrogens is 226 g/mol. The molecule has 4 heteroatoms. The van der Waals surface area contributed by atoms with Crippen molar-refractivity contribution in [3.63, 3.8) is 0 Å². The molecule has 1 aliphatic heterocycles. The van der Waals surface area contributed by atoms with Crippen molar-refractivity contribution in [2.75, 3.05) is 20.2 Å². The molecule has 0 saturated carbocycles. The minimum atomic E-state index is 0.556. The maximum Gasteiger partial charge on any atom is 0.213 e. The van der Waals surface area contributed by atoms with Crippen molar-refractivity contribution in [2.45, 2.75) is 38.9 Å². The average Bonchev–Trinajstić information content (AvgIpc) is 2.41. The standard InChI is InChI=1S/C14H23N3O/c1-4-12-9-17(11(2)8-15-12)10-13-6-5-7-14(16-13)18-3/h5-7,11-12,15H,4,8-10H2,1-3H3. The Bertz CT molecular complexity index is 383. The van der Waals surface area contributed by atoms with Crippen LogP contribution in [-0.4, -0.2) is 42.2 Å². The van der Waals surface area contributed by atoms with E-state index >= 15 is 0 Å². The Morgan fingerprint density at radius 1 is 1.50 bits per heavy atom. The Kier molecular flexibility index (Phi) is 4.55. The smallest absolute Gasteiger partial charge is 0.213 e. The number of pyridine rings is 1. The van der Waals surface area contributed by atoms with Gasteiger partial charge in [-0.15, -0.1) is 0 Å². The van der Waals surface area contributed by atoms with E-state index in [4.69, 9.17) is 4.74 Å². The van der Waals surface area contributed by atoms with E-state index in [1.165, 1.54) is 6.42 Å². The maximum absolute atomic E-state index is 5.17. The molecule has 100 valence electrons. The molecule has 18 heavy (non-hydrogen) atoms. The maximum atomic E-state index is 5.17. The molecule has 0 spiro atoms. The Morgan fingerprint density at radius 2 is 2.33 bits per heavy atom. The number of nitrogens with one attached hydrogen (secondary N) is 1. The molecule has 0 amide bonds. The van der Waals surface area contributed by atoms with E-state index < -0.39 is 0 Å². The minimum absolute atomic E-state index is 0.556. The van der Waals surface area contributed by atoms with Gasteiger partial charge in [0.2, 0.25) is 5.88 Å². The van der Waals surface area contributed by atoms with Crippen LogP contribution in [-0.2, 0) is 6.54 Å². The van der Waals surface area contributed by atoms with Crippen LogP contribution in [0, 0.1) is 0 Å². The van der Waals surface area contributed by atoms with Gasteiger partial charge in [0.15, 0.2) is 0 Å². The largest absolute Gasteiger partial charge is 0.481 e. The fourth-order valence-corrected chi connectivity index (χ4v) is 2.36. The van der Waals surface area contributed by atoms with Crippen LogP contribution < -0.4 is 10.1 Å². The molecule has 0 aromatic carbocycles. The second-order valence-corrected chi connectivity index (χ2v) is 4.96. The van der Waals surface area contributed by atoms with Gasteiger partial charge in [0.25, 0.3) is 0 Å². The van der Waals surface area contributed by atoms with Gasteiger partial charge in [-0.2, -0.15) is 0 Å². The number of hydrogen-bond donors (Lipinski definition) is 1. The summed E-state index contributed by atoms with van der Waals surface area (Å²) >= 11 is 0.